The first kappa shape index (κ1) is 28.3. The molecule has 0 N–H and O–H groups in total. The molecule has 2 heterocycles. The molecule has 0 saturated heterocycles. The maximum atomic E-state index is 4.72. The minimum absolute atomic E-state index is 0. The molecule has 5 aromatic rings. The largest absolute Gasteiger partial charge is 0.310 e. The summed E-state index contributed by atoms with van der Waals surface area (Å²) in [5.41, 5.74) is 9.76. The second-order valence-electron chi connectivity index (χ2n) is 13.4. The number of pyridine rings is 1. The van der Waals surface area contributed by atoms with Crippen molar-refractivity contribution < 1.29 is 20.1 Å². The number of fused-ring (bicyclic) bond motifs is 3. The van der Waals surface area contributed by atoms with E-state index in [-0.39, 0.29) is 36.4 Å². The van der Waals surface area contributed by atoms with Crippen LogP contribution in [-0.4, -0.2) is 9.55 Å². The van der Waals surface area contributed by atoms with Gasteiger partial charge in [0.05, 0.1) is 11.0 Å². The first-order valence-corrected chi connectivity index (χ1v) is 13.3. The quantitative estimate of drug-likeness (QED) is 0.170. The summed E-state index contributed by atoms with van der Waals surface area (Å²) in [5, 5.41) is 2.60. The molecule has 0 fully saturated rings. The number of nitrogens with zero attached hydrogens (tertiary/aromatic N) is 2. The minimum Gasteiger partial charge on any atom is -0.310 e. The Kier molecular flexibility index (Phi) is 7.27. The molecule has 2 nitrogen and oxygen atoms in total. The number of rotatable bonds is 2. The zero-order chi connectivity index (χ0) is 26.8. The number of benzene rings is 3. The fourth-order valence-electron chi connectivity index (χ4n) is 4.99. The smallest absolute Gasteiger partial charge is 0.0540 e. The summed E-state index contributed by atoms with van der Waals surface area (Å²) in [6.07, 6.45) is 1.92. The molecule has 0 spiro atoms. The van der Waals surface area contributed by atoms with E-state index in [0.29, 0.717) is 0 Å². The molecule has 1 radical (unpaired) electrons. The van der Waals surface area contributed by atoms with E-state index in [0.717, 1.165) is 16.9 Å². The zero-order valence-electron chi connectivity index (χ0n) is 24.2. The summed E-state index contributed by atoms with van der Waals surface area (Å²) in [6.45, 7) is 20.4. The van der Waals surface area contributed by atoms with Gasteiger partial charge in [-0.25, -0.2) is 0 Å². The van der Waals surface area contributed by atoms with Crippen LogP contribution in [-0.2, 0) is 36.4 Å². The Hall–Kier alpha value is -2.74. The van der Waals surface area contributed by atoms with Gasteiger partial charge in [0.1, 0.15) is 0 Å². The van der Waals surface area contributed by atoms with Gasteiger partial charge in [0.2, 0.25) is 0 Å². The van der Waals surface area contributed by atoms with Crippen molar-refractivity contribution in [1.29, 1.82) is 0 Å². The molecule has 0 aliphatic heterocycles. The average molecular weight is 680 g/mol. The Bertz CT molecular complexity index is 1530. The number of hydrogen-bond donors (Lipinski definition) is 0. The number of aromatic nitrogens is 2. The summed E-state index contributed by atoms with van der Waals surface area (Å²) < 4.78 is 2.39. The Morgan fingerprint density at radius 2 is 1.11 bits per heavy atom. The Labute approximate surface area is 241 Å². The van der Waals surface area contributed by atoms with Crippen LogP contribution in [0.3, 0.4) is 0 Å². The molecule has 199 valence electrons. The molecule has 3 aromatic carbocycles. The van der Waals surface area contributed by atoms with E-state index in [1.165, 1.54) is 38.5 Å². The van der Waals surface area contributed by atoms with Crippen LogP contribution in [0, 0.1) is 6.07 Å². The van der Waals surface area contributed by atoms with E-state index in [4.69, 9.17) is 4.98 Å². The van der Waals surface area contributed by atoms with E-state index in [9.17, 15) is 0 Å². The Morgan fingerprint density at radius 3 is 1.55 bits per heavy atom. The van der Waals surface area contributed by atoms with Crippen LogP contribution < -0.4 is 0 Å². The minimum atomic E-state index is 0. The van der Waals surface area contributed by atoms with Crippen LogP contribution >= 0.6 is 0 Å². The fourth-order valence-corrected chi connectivity index (χ4v) is 4.99. The molecule has 5 rings (SSSR count). The van der Waals surface area contributed by atoms with Crippen molar-refractivity contribution in [2.24, 2.45) is 0 Å². The van der Waals surface area contributed by atoms with E-state index in [2.05, 4.69) is 140 Å². The third-order valence-electron chi connectivity index (χ3n) is 7.45. The summed E-state index contributed by atoms with van der Waals surface area (Å²) in [7, 11) is 0. The van der Waals surface area contributed by atoms with Gasteiger partial charge in [0.25, 0.3) is 0 Å². The third kappa shape index (κ3) is 5.24. The van der Waals surface area contributed by atoms with Gasteiger partial charge in [0, 0.05) is 42.8 Å². The second kappa shape index (κ2) is 9.78. The van der Waals surface area contributed by atoms with Crippen molar-refractivity contribution in [3.05, 3.63) is 95.7 Å². The maximum Gasteiger partial charge on any atom is 0.0540 e. The summed E-state index contributed by atoms with van der Waals surface area (Å²) in [6, 6.07) is 28.2. The van der Waals surface area contributed by atoms with Crippen molar-refractivity contribution >= 4 is 21.8 Å². The number of hydrogen-bond acceptors (Lipinski definition) is 1. The van der Waals surface area contributed by atoms with Crippen LogP contribution in [0.1, 0.15) is 79.0 Å². The van der Waals surface area contributed by atoms with E-state index >= 15 is 0 Å². The molecule has 3 heteroatoms. The van der Waals surface area contributed by atoms with E-state index in [1.807, 2.05) is 6.20 Å². The fraction of sp³-hybridized carbons (Fsp3) is 0.343. The topological polar surface area (TPSA) is 17.8 Å². The molecule has 0 atom stereocenters. The summed E-state index contributed by atoms with van der Waals surface area (Å²) >= 11 is 0. The monoisotopic (exact) mass is 680 g/mol. The standard InChI is InChI=1S/C35H39N2.Ir/c1-33(2,3)24-12-10-23(11-13-24)30-22-27(18-19-36-30)37-31-16-14-25(34(4,5)6)20-28(31)29-21-26(35(7,8)9)15-17-32(29)37;/h10,12-22H,1-9H3;/q-1;. The molecule has 0 saturated carbocycles. The summed E-state index contributed by atoms with van der Waals surface area (Å²) in [4.78, 5) is 4.72. The van der Waals surface area contributed by atoms with Gasteiger partial charge in [0.15, 0.2) is 0 Å². The maximum absolute atomic E-state index is 4.72. The third-order valence-corrected chi connectivity index (χ3v) is 7.45. The molecule has 0 aliphatic carbocycles. The van der Waals surface area contributed by atoms with Crippen LogP contribution in [0.4, 0.5) is 0 Å². The molecule has 0 unspecified atom stereocenters. The Morgan fingerprint density at radius 1 is 0.605 bits per heavy atom. The predicted octanol–water partition coefficient (Wildman–Crippen LogP) is 9.54. The molecule has 38 heavy (non-hydrogen) atoms. The Balaban J connectivity index is 0.00000336. The van der Waals surface area contributed by atoms with Gasteiger partial charge < -0.3 is 9.55 Å². The zero-order valence-corrected chi connectivity index (χ0v) is 26.6. The van der Waals surface area contributed by atoms with Gasteiger partial charge in [-0.05, 0) is 63.4 Å². The van der Waals surface area contributed by atoms with Crippen molar-refractivity contribution in [3.8, 4) is 16.9 Å². The van der Waals surface area contributed by atoms with Crippen LogP contribution in [0.2, 0.25) is 0 Å². The molecular weight excluding hydrogens is 641 g/mol. The van der Waals surface area contributed by atoms with Gasteiger partial charge in [-0.1, -0.05) is 80.5 Å². The van der Waals surface area contributed by atoms with Crippen molar-refractivity contribution in [3.63, 3.8) is 0 Å². The van der Waals surface area contributed by atoms with E-state index < -0.39 is 0 Å². The SMILES string of the molecule is CC(C)(C)c1c[c-]c(-c2cc(-n3c4ccc(C(C)(C)C)cc4c4cc(C(C)(C)C)ccc43)ccn2)cc1.[Ir]. The molecule has 2 aromatic heterocycles. The second-order valence-corrected chi connectivity index (χ2v) is 13.4. The predicted molar refractivity (Wildman–Crippen MR) is 159 cm³/mol. The van der Waals surface area contributed by atoms with Crippen molar-refractivity contribution in [2.45, 2.75) is 78.6 Å². The molecule has 0 aliphatic rings. The van der Waals surface area contributed by atoms with Crippen molar-refractivity contribution in [2.75, 3.05) is 0 Å². The van der Waals surface area contributed by atoms with Gasteiger partial charge in [-0.3, -0.25) is 0 Å². The molecular formula is C35H39IrN2-. The normalized spacial score (nSPS) is 12.7. The van der Waals surface area contributed by atoms with Gasteiger partial charge >= 0.3 is 0 Å². The van der Waals surface area contributed by atoms with Gasteiger partial charge in [-0.15, -0.1) is 35.4 Å². The first-order valence-electron chi connectivity index (χ1n) is 13.3. The van der Waals surface area contributed by atoms with Gasteiger partial charge in [-0.2, -0.15) is 0 Å². The van der Waals surface area contributed by atoms with E-state index in [1.54, 1.807) is 0 Å². The molecule has 0 bridgehead atoms. The van der Waals surface area contributed by atoms with Crippen LogP contribution in [0.15, 0.2) is 72.9 Å². The average Bonchev–Trinajstić information content (AvgIpc) is 3.16. The first-order chi connectivity index (χ1) is 17.2. The van der Waals surface area contributed by atoms with Crippen LogP contribution in [0.5, 0.6) is 0 Å². The van der Waals surface area contributed by atoms with Crippen LogP contribution in [0.25, 0.3) is 38.8 Å². The summed E-state index contributed by atoms with van der Waals surface area (Å²) in [5.74, 6) is 0. The molecule has 0 amide bonds. The van der Waals surface area contributed by atoms with Crippen molar-refractivity contribution in [1.82, 2.24) is 9.55 Å².